The van der Waals surface area contributed by atoms with Crippen molar-refractivity contribution in [2.45, 2.75) is 63.8 Å². The molecule has 1 fully saturated rings. The Hall–Kier alpha value is -3.22. The van der Waals surface area contributed by atoms with Gasteiger partial charge in [-0.05, 0) is 69.3 Å². The van der Waals surface area contributed by atoms with Crippen LogP contribution in [0, 0.1) is 12.8 Å². The van der Waals surface area contributed by atoms with Gasteiger partial charge < -0.3 is 9.84 Å². The summed E-state index contributed by atoms with van der Waals surface area (Å²) in [6.07, 6.45) is 0.0252. The normalized spacial score (nSPS) is 22.3. The summed E-state index contributed by atoms with van der Waals surface area (Å²) in [7, 11) is 0. The summed E-state index contributed by atoms with van der Waals surface area (Å²) in [4.78, 5) is 34.7. The molecule has 0 bridgehead atoms. The number of aryl methyl sites for hydroxylation is 1. The van der Waals surface area contributed by atoms with Crippen molar-refractivity contribution in [1.29, 1.82) is 0 Å². The van der Waals surface area contributed by atoms with Gasteiger partial charge in [-0.2, -0.15) is 18.3 Å². The molecule has 5 rings (SSSR count). The van der Waals surface area contributed by atoms with Gasteiger partial charge in [0.05, 0.1) is 30.2 Å². The van der Waals surface area contributed by atoms with Gasteiger partial charge in [-0.3, -0.25) is 9.69 Å². The molecule has 1 N–H and O–H groups in total. The Morgan fingerprint density at radius 3 is 2.71 bits per heavy atom. The molecule has 1 aromatic carbocycles. The fourth-order valence-electron chi connectivity index (χ4n) is 5.91. The fraction of sp³-hybridized carbons (Fsp3) is 0.464. The predicted molar refractivity (Wildman–Crippen MR) is 149 cm³/mol. The zero-order valence-electron chi connectivity index (χ0n) is 22.7. The number of aliphatic carboxylic acids is 1. The molecule has 2 aliphatic rings. The predicted octanol–water partition coefficient (Wildman–Crippen LogP) is 5.87. The molecule has 0 spiro atoms. The maximum Gasteiger partial charge on any atom is 0.490 e. The van der Waals surface area contributed by atoms with E-state index in [1.807, 2.05) is 26.0 Å². The number of ether oxygens (including phenoxy) is 1. The molecule has 1 aliphatic heterocycles. The average molecular weight is 626 g/mol. The minimum Gasteiger partial charge on any atom is -0.480 e. The number of carboxylic acids is 1. The second-order valence-corrected chi connectivity index (χ2v) is 11.5. The number of alkyl halides is 3. The molecule has 14 heteroatoms. The van der Waals surface area contributed by atoms with E-state index in [4.69, 9.17) is 28.2 Å². The van der Waals surface area contributed by atoms with Crippen molar-refractivity contribution in [1.82, 2.24) is 24.6 Å². The Morgan fingerprint density at radius 1 is 1.26 bits per heavy atom. The molecule has 1 aliphatic carbocycles. The number of halogens is 5. The smallest absolute Gasteiger partial charge is 0.480 e. The first-order valence-electron chi connectivity index (χ1n) is 13.4. The molecule has 4 atom stereocenters. The molecule has 42 heavy (non-hydrogen) atoms. The van der Waals surface area contributed by atoms with Gasteiger partial charge in [0.15, 0.2) is 5.65 Å². The summed E-state index contributed by atoms with van der Waals surface area (Å²) < 4.78 is 45.1. The Balaban J connectivity index is 1.48. The zero-order chi connectivity index (χ0) is 30.3. The fourth-order valence-corrected chi connectivity index (χ4v) is 6.47. The van der Waals surface area contributed by atoms with Crippen LogP contribution in [0.25, 0.3) is 16.7 Å². The minimum absolute atomic E-state index is 0.213. The number of carboxylic acid groups (broad SMARTS) is 1. The van der Waals surface area contributed by atoms with Gasteiger partial charge in [0.1, 0.15) is 11.6 Å². The molecular weight excluding hydrogens is 598 g/mol. The number of rotatable bonds is 7. The molecule has 0 saturated carbocycles. The van der Waals surface area contributed by atoms with Crippen LogP contribution in [-0.2, 0) is 14.3 Å². The number of hydrogen-bond acceptors (Lipinski definition) is 7. The first-order chi connectivity index (χ1) is 19.8. The minimum atomic E-state index is -5.13. The summed E-state index contributed by atoms with van der Waals surface area (Å²) in [6, 6.07) is 3.70. The lowest BCUT2D eigenvalue weighted by Gasteiger charge is -2.39. The van der Waals surface area contributed by atoms with Crippen LogP contribution in [-0.4, -0.2) is 73.1 Å². The largest absolute Gasteiger partial charge is 0.490 e. The van der Waals surface area contributed by atoms with Crippen LogP contribution < -0.4 is 0 Å². The Kier molecular flexibility index (Phi) is 8.51. The third kappa shape index (κ3) is 5.97. The van der Waals surface area contributed by atoms with Crippen molar-refractivity contribution in [3.8, 4) is 0 Å². The van der Waals surface area contributed by atoms with Crippen LogP contribution in [0.4, 0.5) is 13.2 Å². The highest BCUT2D eigenvalue weighted by Gasteiger charge is 2.44. The van der Waals surface area contributed by atoms with E-state index in [-0.39, 0.29) is 12.5 Å². The second-order valence-electron chi connectivity index (χ2n) is 10.6. The van der Waals surface area contributed by atoms with E-state index in [9.17, 15) is 27.9 Å². The number of esters is 1. The van der Waals surface area contributed by atoms with Gasteiger partial charge in [-0.15, -0.1) is 0 Å². The van der Waals surface area contributed by atoms with Crippen LogP contribution in [0.2, 0.25) is 10.0 Å². The highest BCUT2D eigenvalue weighted by molar-refractivity contribution is 6.35. The lowest BCUT2D eigenvalue weighted by molar-refractivity contribution is -0.201. The molecule has 0 amide bonds. The quantitative estimate of drug-likeness (QED) is 0.325. The van der Waals surface area contributed by atoms with E-state index < -0.39 is 42.7 Å². The zero-order valence-corrected chi connectivity index (χ0v) is 24.2. The van der Waals surface area contributed by atoms with Crippen molar-refractivity contribution in [3.63, 3.8) is 0 Å². The molecule has 4 unspecified atom stereocenters. The van der Waals surface area contributed by atoms with Crippen LogP contribution in [0.1, 0.15) is 55.6 Å². The van der Waals surface area contributed by atoms with E-state index in [0.717, 1.165) is 5.56 Å². The molecule has 1 saturated heterocycles. The van der Waals surface area contributed by atoms with Crippen LogP contribution in [0.3, 0.4) is 0 Å². The Labute approximate surface area is 249 Å². The summed E-state index contributed by atoms with van der Waals surface area (Å²) >= 11 is 12.5. The molecule has 3 aromatic rings. The summed E-state index contributed by atoms with van der Waals surface area (Å²) in [5.74, 6) is -3.85. The standard InChI is InChI=1S/C28H28Cl2F3N5O4/c1-14-24-25(38(36-14)15(2)19-7-6-18(29)11-20(19)30)35-21(12-34-24)16-5-8-22(37-9-3-4-23(37)26(39)40)17(10-16)13-42-27(41)28(31,32)33/h5-7,11-12,15,17,22-23H,3-4,8-10,13H2,1-2H3,(H,39,40). The number of allylic oxidation sites excluding steroid dienone is 1. The Bertz CT molecular complexity index is 1560. The average Bonchev–Trinajstić information content (AvgIpc) is 3.55. The number of nitrogens with zero attached hydrogens (tertiary/aromatic N) is 5. The first-order valence-corrected chi connectivity index (χ1v) is 14.2. The number of benzene rings is 1. The van der Waals surface area contributed by atoms with Crippen molar-refractivity contribution >= 4 is 51.9 Å². The van der Waals surface area contributed by atoms with E-state index in [2.05, 4.69) is 14.8 Å². The number of likely N-dealkylation sites (tertiary alicyclic amines) is 1. The topological polar surface area (TPSA) is 110 Å². The van der Waals surface area contributed by atoms with E-state index >= 15 is 0 Å². The summed E-state index contributed by atoms with van der Waals surface area (Å²) in [5, 5.41) is 15.3. The van der Waals surface area contributed by atoms with Gasteiger partial charge in [0, 0.05) is 22.0 Å². The van der Waals surface area contributed by atoms with Crippen molar-refractivity contribution in [2.75, 3.05) is 13.2 Å². The first kappa shape index (κ1) is 30.2. The van der Waals surface area contributed by atoms with Gasteiger partial charge >= 0.3 is 18.1 Å². The van der Waals surface area contributed by atoms with E-state index in [0.29, 0.717) is 64.0 Å². The molecule has 9 nitrogen and oxygen atoms in total. The lowest BCUT2D eigenvalue weighted by atomic mass is 9.82. The number of fused-ring (bicyclic) bond motifs is 1. The third-order valence-electron chi connectivity index (χ3n) is 7.98. The van der Waals surface area contributed by atoms with Gasteiger partial charge in [0.25, 0.3) is 0 Å². The maximum atomic E-state index is 12.9. The molecule has 0 radical (unpaired) electrons. The summed E-state index contributed by atoms with van der Waals surface area (Å²) in [5.41, 5.74) is 3.73. The number of aromatic nitrogens is 4. The van der Waals surface area contributed by atoms with Crippen molar-refractivity contribution < 1.29 is 32.6 Å². The van der Waals surface area contributed by atoms with Crippen molar-refractivity contribution in [3.05, 3.63) is 57.5 Å². The Morgan fingerprint density at radius 2 is 2.02 bits per heavy atom. The molecule has 2 aromatic heterocycles. The molecule has 3 heterocycles. The van der Waals surface area contributed by atoms with Crippen LogP contribution in [0.5, 0.6) is 0 Å². The van der Waals surface area contributed by atoms with Crippen molar-refractivity contribution in [2.24, 2.45) is 5.92 Å². The lowest BCUT2D eigenvalue weighted by Crippen LogP contribution is -2.49. The van der Waals surface area contributed by atoms with Crippen LogP contribution >= 0.6 is 23.2 Å². The van der Waals surface area contributed by atoms with Gasteiger partial charge in [-0.25, -0.2) is 19.4 Å². The molecular formula is C28H28Cl2F3N5O4. The maximum absolute atomic E-state index is 12.9. The number of carbonyl (C=O) groups is 2. The third-order valence-corrected chi connectivity index (χ3v) is 8.54. The monoisotopic (exact) mass is 625 g/mol. The second kappa shape index (κ2) is 11.8. The number of carbonyl (C=O) groups excluding carboxylic acids is 1. The van der Waals surface area contributed by atoms with E-state index in [1.165, 1.54) is 0 Å². The highest BCUT2D eigenvalue weighted by atomic mass is 35.5. The van der Waals surface area contributed by atoms with E-state index in [1.54, 1.807) is 27.9 Å². The highest BCUT2D eigenvalue weighted by Crippen LogP contribution is 2.38. The van der Waals surface area contributed by atoms with Crippen LogP contribution in [0.15, 0.2) is 30.5 Å². The SMILES string of the molecule is Cc1nn(C(C)c2ccc(Cl)cc2Cl)c2nc(C3=CCC(N4CCCC4C(=O)O)C(COC(=O)C(F)(F)F)C3)cnc12. The van der Waals surface area contributed by atoms with Gasteiger partial charge in [0.2, 0.25) is 0 Å². The summed E-state index contributed by atoms with van der Waals surface area (Å²) in [6.45, 7) is 3.71. The number of hydrogen-bond donors (Lipinski definition) is 1. The molecule has 224 valence electrons. The van der Waals surface area contributed by atoms with Gasteiger partial charge in [-0.1, -0.05) is 35.3 Å².